The molecule has 1 aromatic rings. The molecule has 1 aromatic heterocycles. The van der Waals surface area contributed by atoms with E-state index in [1.54, 1.807) is 17.8 Å². The molecule has 2 aliphatic heterocycles. The second kappa shape index (κ2) is 7.78. The fraction of sp³-hybridized carbons (Fsp3) is 0.588. The molecule has 2 aliphatic rings. The number of hydrogen-bond acceptors (Lipinski definition) is 4. The van der Waals surface area contributed by atoms with Crippen molar-refractivity contribution in [1.29, 1.82) is 0 Å². The lowest BCUT2D eigenvalue weighted by Crippen LogP contribution is -2.54. The highest BCUT2D eigenvalue weighted by molar-refractivity contribution is 7.98. The third-order valence-corrected chi connectivity index (χ3v) is 5.99. The maximum absolute atomic E-state index is 12.1. The SMILES string of the molecule is CSCC[C@@H](NC(=S)N1C[C@H]2C[C@H](C1)c1cccc(=O)n1C2)C(=O)O. The van der Waals surface area contributed by atoms with Crippen molar-refractivity contribution in [1.82, 2.24) is 14.8 Å². The molecule has 0 spiro atoms. The Balaban J connectivity index is 1.70. The van der Waals surface area contributed by atoms with Crippen LogP contribution in [0, 0.1) is 5.92 Å². The zero-order valence-corrected chi connectivity index (χ0v) is 15.8. The first-order chi connectivity index (χ1) is 12.0. The number of fused-ring (bicyclic) bond motifs is 4. The number of piperidine rings is 1. The average Bonchev–Trinajstić information content (AvgIpc) is 2.59. The Bertz CT molecular complexity index is 721. The van der Waals surface area contributed by atoms with E-state index in [1.165, 1.54) is 0 Å². The number of carboxylic acid groups (broad SMARTS) is 1. The van der Waals surface area contributed by atoms with Gasteiger partial charge in [-0.05, 0) is 49.1 Å². The lowest BCUT2D eigenvalue weighted by molar-refractivity contribution is -0.139. The van der Waals surface area contributed by atoms with Crippen molar-refractivity contribution < 1.29 is 9.90 Å². The molecule has 0 amide bonds. The number of aliphatic carboxylic acids is 1. The van der Waals surface area contributed by atoms with Crippen molar-refractivity contribution in [2.24, 2.45) is 5.92 Å². The molecule has 136 valence electrons. The van der Waals surface area contributed by atoms with Crippen LogP contribution in [-0.2, 0) is 11.3 Å². The summed E-state index contributed by atoms with van der Waals surface area (Å²) >= 11 is 7.12. The Morgan fingerprint density at radius 2 is 2.24 bits per heavy atom. The third kappa shape index (κ3) is 4.00. The summed E-state index contributed by atoms with van der Waals surface area (Å²) in [6.45, 7) is 2.19. The molecule has 0 aliphatic carbocycles. The Hall–Kier alpha value is -1.54. The van der Waals surface area contributed by atoms with E-state index in [0.29, 0.717) is 24.0 Å². The van der Waals surface area contributed by atoms with E-state index in [4.69, 9.17) is 12.2 Å². The minimum Gasteiger partial charge on any atom is -0.480 e. The zero-order valence-electron chi connectivity index (χ0n) is 14.2. The Labute approximate surface area is 156 Å². The van der Waals surface area contributed by atoms with Gasteiger partial charge in [-0.3, -0.25) is 4.79 Å². The zero-order chi connectivity index (χ0) is 18.0. The van der Waals surface area contributed by atoms with Crippen molar-refractivity contribution in [3.63, 3.8) is 0 Å². The highest BCUT2D eigenvalue weighted by Crippen LogP contribution is 2.34. The van der Waals surface area contributed by atoms with Crippen molar-refractivity contribution in [2.75, 3.05) is 25.1 Å². The van der Waals surface area contributed by atoms with Gasteiger partial charge in [0.2, 0.25) is 0 Å². The predicted molar refractivity (Wildman–Crippen MR) is 103 cm³/mol. The van der Waals surface area contributed by atoms with Crippen LogP contribution in [0.2, 0.25) is 0 Å². The minimum atomic E-state index is -0.870. The first-order valence-electron chi connectivity index (χ1n) is 8.46. The van der Waals surface area contributed by atoms with E-state index in [-0.39, 0.29) is 11.5 Å². The number of aromatic nitrogens is 1. The maximum Gasteiger partial charge on any atom is 0.326 e. The highest BCUT2D eigenvalue weighted by Gasteiger charge is 2.35. The number of hydrogen-bond donors (Lipinski definition) is 2. The number of pyridine rings is 1. The maximum atomic E-state index is 12.1. The molecule has 8 heteroatoms. The van der Waals surface area contributed by atoms with Gasteiger partial charge in [-0.2, -0.15) is 11.8 Å². The minimum absolute atomic E-state index is 0.0596. The summed E-state index contributed by atoms with van der Waals surface area (Å²) in [5, 5.41) is 12.9. The summed E-state index contributed by atoms with van der Waals surface area (Å²) < 4.78 is 1.88. The molecule has 0 radical (unpaired) electrons. The molecular formula is C17H23N3O3S2. The number of carboxylic acids is 1. The van der Waals surface area contributed by atoms with Gasteiger partial charge in [-0.25, -0.2) is 4.79 Å². The van der Waals surface area contributed by atoms with Crippen LogP contribution in [0.3, 0.4) is 0 Å². The van der Waals surface area contributed by atoms with Gasteiger partial charge >= 0.3 is 5.97 Å². The topological polar surface area (TPSA) is 74.6 Å². The summed E-state index contributed by atoms with van der Waals surface area (Å²) in [7, 11) is 0. The highest BCUT2D eigenvalue weighted by atomic mass is 32.2. The van der Waals surface area contributed by atoms with E-state index in [0.717, 1.165) is 31.0 Å². The van der Waals surface area contributed by atoms with Crippen LogP contribution in [0.4, 0.5) is 0 Å². The molecular weight excluding hydrogens is 358 g/mol. The number of rotatable bonds is 5. The van der Waals surface area contributed by atoms with Crippen LogP contribution in [0.25, 0.3) is 0 Å². The van der Waals surface area contributed by atoms with Crippen molar-refractivity contribution in [2.45, 2.75) is 31.3 Å². The van der Waals surface area contributed by atoms with E-state index in [9.17, 15) is 14.7 Å². The van der Waals surface area contributed by atoms with Gasteiger partial charge in [0, 0.05) is 37.3 Å². The van der Waals surface area contributed by atoms with E-state index in [1.807, 2.05) is 23.0 Å². The van der Waals surface area contributed by atoms with Crippen molar-refractivity contribution >= 4 is 35.1 Å². The van der Waals surface area contributed by atoms with Gasteiger partial charge in [0.05, 0.1) is 0 Å². The first-order valence-corrected chi connectivity index (χ1v) is 10.3. The van der Waals surface area contributed by atoms with Gasteiger partial charge in [0.1, 0.15) is 6.04 Å². The van der Waals surface area contributed by atoms with E-state index >= 15 is 0 Å². The molecule has 3 atom stereocenters. The average molecular weight is 382 g/mol. The smallest absolute Gasteiger partial charge is 0.326 e. The molecule has 25 heavy (non-hydrogen) atoms. The lowest BCUT2D eigenvalue weighted by atomic mass is 9.83. The summed E-state index contributed by atoms with van der Waals surface area (Å²) in [6, 6.07) is 4.78. The number of thioether (sulfide) groups is 1. The molecule has 1 saturated heterocycles. The Kier molecular flexibility index (Phi) is 5.68. The number of thiocarbonyl (C=S) groups is 1. The molecule has 3 heterocycles. The van der Waals surface area contributed by atoms with Crippen LogP contribution in [0.5, 0.6) is 0 Å². The summed E-state index contributed by atoms with van der Waals surface area (Å²) in [5.74, 6) is 0.524. The molecule has 6 nitrogen and oxygen atoms in total. The predicted octanol–water partition coefficient (Wildman–Crippen LogP) is 1.35. The van der Waals surface area contributed by atoms with Crippen molar-refractivity contribution in [3.05, 3.63) is 34.2 Å². The Morgan fingerprint density at radius 3 is 2.96 bits per heavy atom. The van der Waals surface area contributed by atoms with Gasteiger partial charge in [0.15, 0.2) is 5.11 Å². The van der Waals surface area contributed by atoms with Crippen molar-refractivity contribution in [3.8, 4) is 0 Å². The number of nitrogens with one attached hydrogen (secondary N) is 1. The number of likely N-dealkylation sites (tertiary alicyclic amines) is 1. The van der Waals surface area contributed by atoms with Crippen LogP contribution in [0.15, 0.2) is 23.0 Å². The fourth-order valence-corrected chi connectivity index (χ4v) is 4.56. The molecule has 1 fully saturated rings. The second-order valence-electron chi connectivity index (χ2n) is 6.72. The number of carbonyl (C=O) groups is 1. The van der Waals surface area contributed by atoms with Gasteiger partial charge in [-0.15, -0.1) is 0 Å². The fourth-order valence-electron chi connectivity index (χ4n) is 3.80. The second-order valence-corrected chi connectivity index (χ2v) is 8.10. The monoisotopic (exact) mass is 381 g/mol. The molecule has 2 bridgehead atoms. The van der Waals surface area contributed by atoms with Gasteiger partial charge in [0.25, 0.3) is 5.56 Å². The molecule has 0 unspecified atom stereocenters. The van der Waals surface area contributed by atoms with Crippen LogP contribution >= 0.6 is 24.0 Å². The molecule has 0 saturated carbocycles. The van der Waals surface area contributed by atoms with E-state index < -0.39 is 12.0 Å². The number of nitrogens with zero attached hydrogens (tertiary/aromatic N) is 2. The Morgan fingerprint density at radius 1 is 1.44 bits per heavy atom. The van der Waals surface area contributed by atoms with Gasteiger partial charge in [-0.1, -0.05) is 6.07 Å². The summed E-state index contributed by atoms with van der Waals surface area (Å²) in [4.78, 5) is 25.6. The van der Waals surface area contributed by atoms with E-state index in [2.05, 4.69) is 10.2 Å². The normalized spacial score (nSPS) is 22.8. The van der Waals surface area contributed by atoms with Crippen LogP contribution in [0.1, 0.15) is 24.5 Å². The van der Waals surface area contributed by atoms with Crippen LogP contribution in [-0.4, -0.2) is 56.8 Å². The van der Waals surface area contributed by atoms with Crippen LogP contribution < -0.4 is 10.9 Å². The molecule has 3 rings (SSSR count). The standard InChI is InChI=1S/C17H23N3O3S2/c1-25-6-5-13(16(22)23)18-17(24)19-8-11-7-12(10-19)14-3-2-4-15(21)20(14)9-11/h2-4,11-13H,5-10H2,1H3,(H,18,24)(H,22,23)/t11-,12-,13-/m1/s1. The molecule has 2 N–H and O–H groups in total. The largest absolute Gasteiger partial charge is 0.480 e. The lowest BCUT2D eigenvalue weighted by Gasteiger charge is -2.44. The van der Waals surface area contributed by atoms with Gasteiger partial charge < -0.3 is 19.9 Å². The third-order valence-electron chi connectivity index (χ3n) is 4.97. The summed E-state index contributed by atoms with van der Waals surface area (Å²) in [5.41, 5.74) is 1.12. The molecule has 0 aromatic carbocycles. The first kappa shape index (κ1) is 18.3. The summed E-state index contributed by atoms with van der Waals surface area (Å²) in [6.07, 6.45) is 3.55. The quantitative estimate of drug-likeness (QED) is 0.746.